The highest BCUT2D eigenvalue weighted by atomic mass is 32.1. The highest BCUT2D eigenvalue weighted by Gasteiger charge is 2.23. The first-order valence-corrected chi connectivity index (χ1v) is 17.9. The van der Waals surface area contributed by atoms with Gasteiger partial charge in [-0.15, -0.1) is 11.3 Å². The summed E-state index contributed by atoms with van der Waals surface area (Å²) in [7, 11) is 0. The molecule has 50 heavy (non-hydrogen) atoms. The molecule has 0 saturated heterocycles. The zero-order valence-corrected chi connectivity index (χ0v) is 27.7. The Kier molecular flexibility index (Phi) is 5.12. The molecule has 4 aromatic heterocycles. The smallest absolute Gasteiger partial charge is 0.0789 e. The first-order valence-electron chi connectivity index (χ1n) is 17.1. The first kappa shape index (κ1) is 26.6. The molecule has 3 nitrogen and oxygen atoms in total. The lowest BCUT2D eigenvalue weighted by molar-refractivity contribution is 1.25. The minimum Gasteiger partial charge on any atom is -0.310 e. The molecule has 8 aromatic carbocycles. The van der Waals surface area contributed by atoms with E-state index in [1.807, 2.05) is 11.3 Å². The third kappa shape index (κ3) is 3.43. The Balaban J connectivity index is 1.17. The average Bonchev–Trinajstić information content (AvgIpc) is 3.82. The lowest BCUT2D eigenvalue weighted by Crippen LogP contribution is -2.09. The van der Waals surface area contributed by atoms with E-state index in [1.54, 1.807) is 0 Å². The molecule has 0 aliphatic heterocycles. The Morgan fingerprint density at radius 3 is 1.70 bits per heavy atom. The zero-order valence-electron chi connectivity index (χ0n) is 26.8. The molecule has 0 N–H and O–H groups in total. The molecule has 0 aliphatic carbocycles. The maximum atomic E-state index is 2.49. The van der Waals surface area contributed by atoms with Crippen LogP contribution < -0.4 is 4.90 Å². The van der Waals surface area contributed by atoms with Crippen molar-refractivity contribution in [2.75, 3.05) is 4.90 Å². The van der Waals surface area contributed by atoms with Crippen LogP contribution in [0.15, 0.2) is 164 Å². The third-order valence-corrected chi connectivity index (χ3v) is 11.9. The number of nitrogens with zero attached hydrogens (tertiary/aromatic N) is 3. The molecular weight excluding hydrogens is 627 g/mol. The van der Waals surface area contributed by atoms with Gasteiger partial charge in [0.2, 0.25) is 0 Å². The van der Waals surface area contributed by atoms with Crippen molar-refractivity contribution in [3.63, 3.8) is 0 Å². The van der Waals surface area contributed by atoms with Gasteiger partial charge in [-0.2, -0.15) is 0 Å². The summed E-state index contributed by atoms with van der Waals surface area (Å²) in [4.78, 5) is 2.43. The molecule has 4 heteroatoms. The fourth-order valence-electron chi connectivity index (χ4n) is 8.64. The molecule has 0 bridgehead atoms. The SMILES string of the molecule is c1ccc2cc(N(c3ccc4c(c3)sc3ccccc34)c3ccc4c(c3)c3ccc5c6ccccc6n6c7ccccc7n4c3c56)ccc2c1. The summed E-state index contributed by atoms with van der Waals surface area (Å²) >= 11 is 1.87. The van der Waals surface area contributed by atoms with E-state index in [0.717, 1.165) is 17.1 Å². The predicted molar refractivity (Wildman–Crippen MR) is 215 cm³/mol. The van der Waals surface area contributed by atoms with Crippen LogP contribution in [0.2, 0.25) is 0 Å². The summed E-state index contributed by atoms with van der Waals surface area (Å²) < 4.78 is 7.59. The number of para-hydroxylation sites is 3. The maximum Gasteiger partial charge on any atom is 0.0789 e. The molecule has 0 saturated carbocycles. The molecule has 4 heterocycles. The summed E-state index contributed by atoms with van der Waals surface area (Å²) in [5.74, 6) is 0. The Bertz CT molecular complexity index is 3340. The summed E-state index contributed by atoms with van der Waals surface area (Å²) in [6.07, 6.45) is 0. The summed E-state index contributed by atoms with van der Waals surface area (Å²) in [5.41, 5.74) is 10.9. The van der Waals surface area contributed by atoms with Crippen LogP contribution in [0.4, 0.5) is 17.1 Å². The fourth-order valence-corrected chi connectivity index (χ4v) is 9.78. The number of aromatic nitrogens is 2. The van der Waals surface area contributed by atoms with Crippen molar-refractivity contribution in [2.45, 2.75) is 0 Å². The molecule has 0 aliphatic rings. The summed E-state index contributed by atoms with van der Waals surface area (Å²) in [5, 5.41) is 10.2. The van der Waals surface area contributed by atoms with Gasteiger partial charge in [-0.05, 0) is 77.5 Å². The van der Waals surface area contributed by atoms with Gasteiger partial charge in [-0.3, -0.25) is 0 Å². The number of benzene rings is 8. The van der Waals surface area contributed by atoms with Crippen LogP contribution in [-0.4, -0.2) is 8.80 Å². The maximum absolute atomic E-state index is 2.49. The lowest BCUT2D eigenvalue weighted by atomic mass is 10.1. The van der Waals surface area contributed by atoms with E-state index < -0.39 is 0 Å². The van der Waals surface area contributed by atoms with E-state index in [4.69, 9.17) is 0 Å². The van der Waals surface area contributed by atoms with Crippen LogP contribution in [0.1, 0.15) is 0 Å². The number of fused-ring (bicyclic) bond motifs is 13. The minimum absolute atomic E-state index is 1.14. The van der Waals surface area contributed by atoms with E-state index in [2.05, 4.69) is 177 Å². The number of hydrogen-bond acceptors (Lipinski definition) is 2. The molecule has 0 unspecified atom stereocenters. The van der Waals surface area contributed by atoms with Crippen LogP contribution in [0.3, 0.4) is 0 Å². The molecule has 0 atom stereocenters. The quantitative estimate of drug-likeness (QED) is 0.173. The predicted octanol–water partition coefficient (Wildman–Crippen LogP) is 13.2. The molecule has 12 aromatic rings. The second-order valence-corrected chi connectivity index (χ2v) is 14.5. The zero-order chi connectivity index (χ0) is 32.5. The van der Waals surface area contributed by atoms with Crippen LogP contribution in [0.25, 0.3) is 85.6 Å². The van der Waals surface area contributed by atoms with Gasteiger partial charge in [0, 0.05) is 58.8 Å². The van der Waals surface area contributed by atoms with Gasteiger partial charge in [0.1, 0.15) is 0 Å². The molecule has 0 radical (unpaired) electrons. The van der Waals surface area contributed by atoms with E-state index in [1.165, 1.54) is 85.6 Å². The Labute approximate surface area is 290 Å². The van der Waals surface area contributed by atoms with Crippen LogP contribution in [0.5, 0.6) is 0 Å². The number of rotatable bonds is 3. The molecule has 232 valence electrons. The number of hydrogen-bond donors (Lipinski definition) is 0. The Hall–Kier alpha value is -6.36. The van der Waals surface area contributed by atoms with E-state index >= 15 is 0 Å². The number of thiophene rings is 1. The minimum atomic E-state index is 1.14. The van der Waals surface area contributed by atoms with Crippen LogP contribution in [-0.2, 0) is 0 Å². The van der Waals surface area contributed by atoms with Crippen molar-refractivity contribution in [3.05, 3.63) is 164 Å². The standard InChI is InChI=1S/C46H27N3S/c1-2-10-29-25-30(18-17-28(29)9-1)47(32-19-21-35-34-12-4-8-16-43(34)50-44(35)27-32)31-20-24-40-38(26-31)37-23-22-36-33-11-3-5-13-39(33)48-41-14-6-7-15-42(41)49(40)46(37)45(36)48/h1-27H. The van der Waals surface area contributed by atoms with Crippen molar-refractivity contribution < 1.29 is 0 Å². The number of anilines is 3. The van der Waals surface area contributed by atoms with Crippen molar-refractivity contribution in [3.8, 4) is 0 Å². The van der Waals surface area contributed by atoms with Crippen molar-refractivity contribution in [2.24, 2.45) is 0 Å². The average molecular weight is 654 g/mol. The van der Waals surface area contributed by atoms with Crippen molar-refractivity contribution >= 4 is 114 Å². The fraction of sp³-hybridized carbons (Fsp3) is 0. The highest BCUT2D eigenvalue weighted by molar-refractivity contribution is 7.25. The van der Waals surface area contributed by atoms with Gasteiger partial charge in [-0.1, -0.05) is 97.1 Å². The van der Waals surface area contributed by atoms with Gasteiger partial charge < -0.3 is 13.7 Å². The van der Waals surface area contributed by atoms with Crippen molar-refractivity contribution in [1.82, 2.24) is 8.80 Å². The van der Waals surface area contributed by atoms with Gasteiger partial charge in [0.15, 0.2) is 0 Å². The highest BCUT2D eigenvalue weighted by Crippen LogP contribution is 2.45. The first-order chi connectivity index (χ1) is 24.8. The summed E-state index contributed by atoms with van der Waals surface area (Å²) in [6.45, 7) is 0. The van der Waals surface area contributed by atoms with Crippen LogP contribution >= 0.6 is 11.3 Å². The normalized spacial score (nSPS) is 12.4. The second-order valence-electron chi connectivity index (χ2n) is 13.4. The monoisotopic (exact) mass is 653 g/mol. The molecule has 12 rings (SSSR count). The van der Waals surface area contributed by atoms with E-state index in [0.29, 0.717) is 0 Å². The largest absolute Gasteiger partial charge is 0.310 e. The lowest BCUT2D eigenvalue weighted by Gasteiger charge is -2.26. The van der Waals surface area contributed by atoms with Gasteiger partial charge in [0.25, 0.3) is 0 Å². The van der Waals surface area contributed by atoms with Gasteiger partial charge in [-0.25, -0.2) is 0 Å². The molecule has 0 amide bonds. The Morgan fingerprint density at radius 1 is 0.340 bits per heavy atom. The van der Waals surface area contributed by atoms with E-state index in [9.17, 15) is 0 Å². The third-order valence-electron chi connectivity index (χ3n) is 10.8. The topological polar surface area (TPSA) is 12.1 Å². The molecular formula is C46H27N3S. The second kappa shape index (κ2) is 9.63. The van der Waals surface area contributed by atoms with E-state index in [-0.39, 0.29) is 0 Å². The molecule has 0 fully saturated rings. The van der Waals surface area contributed by atoms with Gasteiger partial charge in [0.05, 0.1) is 33.1 Å². The molecule has 0 spiro atoms. The van der Waals surface area contributed by atoms with Crippen molar-refractivity contribution in [1.29, 1.82) is 0 Å². The Morgan fingerprint density at radius 2 is 0.880 bits per heavy atom. The van der Waals surface area contributed by atoms with Gasteiger partial charge >= 0.3 is 0 Å². The summed E-state index contributed by atoms with van der Waals surface area (Å²) in [6, 6.07) is 60.5. The van der Waals surface area contributed by atoms with Crippen LogP contribution in [0, 0.1) is 0 Å².